The van der Waals surface area contributed by atoms with Crippen LogP contribution < -0.4 is 10.6 Å². The number of piperidine rings is 1. The van der Waals surface area contributed by atoms with Crippen molar-refractivity contribution in [1.82, 2.24) is 15.5 Å². The van der Waals surface area contributed by atoms with Gasteiger partial charge in [-0.3, -0.25) is 4.90 Å². The summed E-state index contributed by atoms with van der Waals surface area (Å²) >= 11 is 0. The van der Waals surface area contributed by atoms with E-state index in [4.69, 9.17) is 0 Å². The molecule has 1 fully saturated rings. The lowest BCUT2D eigenvalue weighted by molar-refractivity contribution is 0.0744. The topological polar surface area (TPSA) is 39.7 Å². The van der Waals surface area contributed by atoms with Crippen LogP contribution in [0.2, 0.25) is 0 Å². The fourth-order valence-corrected chi connectivity index (χ4v) is 2.80. The number of alkyl halides is 2. The first kappa shape index (κ1) is 19.5. The van der Waals surface area contributed by atoms with Gasteiger partial charge in [-0.05, 0) is 38.0 Å². The molecule has 0 amide bonds. The van der Waals surface area contributed by atoms with Crippen LogP contribution in [0.3, 0.4) is 0 Å². The summed E-state index contributed by atoms with van der Waals surface area (Å²) in [5.74, 6) is -0.490. The molecule has 1 aromatic carbocycles. The van der Waals surface area contributed by atoms with Crippen molar-refractivity contribution in [3.63, 3.8) is 0 Å². The SMILES string of the molecule is CCNC(=NCc1cc(F)ccc1F)NC1CCN(CC(F)F)CC1. The van der Waals surface area contributed by atoms with Crippen LogP contribution in [0.1, 0.15) is 25.3 Å². The van der Waals surface area contributed by atoms with Gasteiger partial charge in [-0.25, -0.2) is 22.6 Å². The Morgan fingerprint density at radius 3 is 2.64 bits per heavy atom. The summed E-state index contributed by atoms with van der Waals surface area (Å²) in [7, 11) is 0. The predicted octanol–water partition coefficient (Wildman–Crippen LogP) is 2.75. The van der Waals surface area contributed by atoms with E-state index in [-0.39, 0.29) is 24.7 Å². The highest BCUT2D eigenvalue weighted by atomic mass is 19.3. The van der Waals surface area contributed by atoms with Crippen LogP contribution in [0.25, 0.3) is 0 Å². The molecule has 0 unspecified atom stereocenters. The van der Waals surface area contributed by atoms with Gasteiger partial charge in [-0.15, -0.1) is 0 Å². The Hall–Kier alpha value is -1.83. The zero-order chi connectivity index (χ0) is 18.2. The highest BCUT2D eigenvalue weighted by Crippen LogP contribution is 2.13. The summed E-state index contributed by atoms with van der Waals surface area (Å²) in [6.45, 7) is 3.55. The summed E-state index contributed by atoms with van der Waals surface area (Å²) in [6.07, 6.45) is -0.860. The third kappa shape index (κ3) is 6.53. The Labute approximate surface area is 145 Å². The van der Waals surface area contributed by atoms with E-state index in [1.165, 1.54) is 0 Å². The third-order valence-corrected chi connectivity index (χ3v) is 4.08. The molecule has 1 heterocycles. The van der Waals surface area contributed by atoms with E-state index in [1.807, 2.05) is 6.92 Å². The fourth-order valence-electron chi connectivity index (χ4n) is 2.80. The van der Waals surface area contributed by atoms with E-state index in [2.05, 4.69) is 15.6 Å². The molecule has 0 bridgehead atoms. The van der Waals surface area contributed by atoms with Crippen molar-refractivity contribution in [2.24, 2.45) is 4.99 Å². The lowest BCUT2D eigenvalue weighted by Crippen LogP contribution is -2.49. The Morgan fingerprint density at radius 1 is 1.28 bits per heavy atom. The molecule has 1 aromatic rings. The second-order valence-corrected chi connectivity index (χ2v) is 6.04. The normalized spacial score (nSPS) is 17.1. The number of likely N-dealkylation sites (tertiary alicyclic amines) is 1. The van der Waals surface area contributed by atoms with Gasteiger partial charge in [-0.1, -0.05) is 0 Å². The number of hydrogen-bond acceptors (Lipinski definition) is 2. The van der Waals surface area contributed by atoms with Crippen molar-refractivity contribution < 1.29 is 17.6 Å². The number of benzene rings is 1. The average Bonchev–Trinajstić information content (AvgIpc) is 2.57. The standard InChI is InChI=1S/C17H24F4N4/c1-2-22-17(23-10-12-9-13(18)3-4-15(12)19)24-14-5-7-25(8-6-14)11-16(20)21/h3-4,9,14,16H,2,5-8,10-11H2,1H3,(H2,22,23,24). The summed E-state index contributed by atoms with van der Waals surface area (Å²) < 4.78 is 51.7. The molecule has 0 spiro atoms. The number of hydrogen-bond donors (Lipinski definition) is 2. The molecule has 2 rings (SSSR count). The molecule has 1 aliphatic rings. The molecule has 140 valence electrons. The molecule has 8 heteroatoms. The molecular formula is C17H24F4N4. The molecule has 4 nitrogen and oxygen atoms in total. The van der Waals surface area contributed by atoms with Gasteiger partial charge in [0.2, 0.25) is 0 Å². The maximum absolute atomic E-state index is 13.7. The number of nitrogens with one attached hydrogen (secondary N) is 2. The zero-order valence-corrected chi connectivity index (χ0v) is 14.2. The zero-order valence-electron chi connectivity index (χ0n) is 14.2. The van der Waals surface area contributed by atoms with Crippen LogP contribution in [0.4, 0.5) is 17.6 Å². The van der Waals surface area contributed by atoms with E-state index in [0.29, 0.717) is 25.6 Å². The molecule has 0 aliphatic carbocycles. The van der Waals surface area contributed by atoms with Crippen LogP contribution in [0.15, 0.2) is 23.2 Å². The van der Waals surface area contributed by atoms with Gasteiger partial charge in [-0.2, -0.15) is 0 Å². The smallest absolute Gasteiger partial charge is 0.251 e. The molecule has 0 saturated carbocycles. The Bertz CT molecular complexity index is 572. The molecular weight excluding hydrogens is 336 g/mol. The Morgan fingerprint density at radius 2 is 2.00 bits per heavy atom. The van der Waals surface area contributed by atoms with Crippen molar-refractivity contribution in [3.8, 4) is 0 Å². The summed E-state index contributed by atoms with van der Waals surface area (Å²) in [5, 5.41) is 6.31. The number of nitrogens with zero attached hydrogens (tertiary/aromatic N) is 2. The van der Waals surface area contributed by atoms with Gasteiger partial charge in [0.1, 0.15) is 11.6 Å². The van der Waals surface area contributed by atoms with E-state index < -0.39 is 18.1 Å². The Balaban J connectivity index is 1.91. The van der Waals surface area contributed by atoms with Crippen molar-refractivity contribution >= 4 is 5.96 Å². The highest BCUT2D eigenvalue weighted by molar-refractivity contribution is 5.80. The van der Waals surface area contributed by atoms with Gasteiger partial charge in [0, 0.05) is 31.2 Å². The van der Waals surface area contributed by atoms with Gasteiger partial charge in [0.05, 0.1) is 13.1 Å². The molecule has 2 N–H and O–H groups in total. The van der Waals surface area contributed by atoms with Gasteiger partial charge >= 0.3 is 0 Å². The molecule has 0 atom stereocenters. The van der Waals surface area contributed by atoms with Crippen LogP contribution >= 0.6 is 0 Å². The number of aliphatic imine (C=N–C) groups is 1. The van der Waals surface area contributed by atoms with Crippen LogP contribution in [0.5, 0.6) is 0 Å². The van der Waals surface area contributed by atoms with E-state index in [1.54, 1.807) is 4.90 Å². The quantitative estimate of drug-likeness (QED) is 0.466. The van der Waals surface area contributed by atoms with Crippen molar-refractivity contribution in [3.05, 3.63) is 35.4 Å². The molecule has 1 aliphatic heterocycles. The summed E-state index contributed by atoms with van der Waals surface area (Å²) in [5.41, 5.74) is 0.184. The van der Waals surface area contributed by atoms with Gasteiger partial charge < -0.3 is 10.6 Å². The summed E-state index contributed by atoms with van der Waals surface area (Å²) in [4.78, 5) is 6.05. The molecule has 0 radical (unpaired) electrons. The van der Waals surface area contributed by atoms with E-state index in [9.17, 15) is 17.6 Å². The minimum absolute atomic E-state index is 0.0170. The van der Waals surface area contributed by atoms with E-state index in [0.717, 1.165) is 31.0 Å². The third-order valence-electron chi connectivity index (χ3n) is 4.08. The first-order valence-electron chi connectivity index (χ1n) is 8.47. The average molecular weight is 360 g/mol. The monoisotopic (exact) mass is 360 g/mol. The molecule has 0 aromatic heterocycles. The largest absolute Gasteiger partial charge is 0.357 e. The van der Waals surface area contributed by atoms with Crippen LogP contribution in [-0.2, 0) is 6.54 Å². The van der Waals surface area contributed by atoms with Crippen molar-refractivity contribution in [1.29, 1.82) is 0 Å². The first-order chi connectivity index (χ1) is 12.0. The minimum Gasteiger partial charge on any atom is -0.357 e. The number of rotatable bonds is 6. The fraction of sp³-hybridized carbons (Fsp3) is 0.588. The second kappa shape index (κ2) is 9.60. The molecule has 25 heavy (non-hydrogen) atoms. The minimum atomic E-state index is -2.32. The van der Waals surface area contributed by atoms with Crippen molar-refractivity contribution in [2.75, 3.05) is 26.2 Å². The number of guanidine groups is 1. The maximum Gasteiger partial charge on any atom is 0.251 e. The second-order valence-electron chi connectivity index (χ2n) is 6.04. The predicted molar refractivity (Wildman–Crippen MR) is 89.8 cm³/mol. The lowest BCUT2D eigenvalue weighted by Gasteiger charge is -2.32. The first-order valence-corrected chi connectivity index (χ1v) is 8.47. The highest BCUT2D eigenvalue weighted by Gasteiger charge is 2.22. The molecule has 1 saturated heterocycles. The lowest BCUT2D eigenvalue weighted by atomic mass is 10.1. The summed E-state index contributed by atoms with van der Waals surface area (Å²) in [6, 6.07) is 3.40. The van der Waals surface area contributed by atoms with Crippen molar-refractivity contribution in [2.45, 2.75) is 38.8 Å². The maximum atomic E-state index is 13.7. The number of halogens is 4. The van der Waals surface area contributed by atoms with E-state index >= 15 is 0 Å². The Kier molecular flexibility index (Phi) is 7.49. The van der Waals surface area contributed by atoms with Gasteiger partial charge in [0.25, 0.3) is 6.43 Å². The van der Waals surface area contributed by atoms with Gasteiger partial charge in [0.15, 0.2) is 5.96 Å². The van der Waals surface area contributed by atoms with Crippen LogP contribution in [-0.4, -0.2) is 49.5 Å². The van der Waals surface area contributed by atoms with Crippen LogP contribution in [0, 0.1) is 11.6 Å².